The molecular weight excluding hydrogens is 230 g/mol. The highest BCUT2D eigenvalue weighted by Crippen LogP contribution is 2.23. The minimum atomic E-state index is -0.167. The molecule has 1 atom stereocenters. The molecule has 0 aliphatic carbocycles. The summed E-state index contributed by atoms with van der Waals surface area (Å²) >= 11 is 0. The molecule has 18 heavy (non-hydrogen) atoms. The van der Waals surface area contributed by atoms with Crippen LogP contribution in [-0.2, 0) is 9.59 Å². The molecule has 0 radical (unpaired) electrons. The molecule has 1 unspecified atom stereocenters. The van der Waals surface area contributed by atoms with E-state index in [-0.39, 0.29) is 24.4 Å². The van der Waals surface area contributed by atoms with E-state index >= 15 is 0 Å². The molecule has 2 amide bonds. The number of hydrogen-bond acceptors (Lipinski definition) is 3. The number of piperidine rings is 1. The molecule has 0 aromatic carbocycles. The number of carbonyl (C=O) groups excluding carboxylic acids is 2. The molecule has 0 aromatic heterocycles. The maximum Gasteiger partial charge on any atom is 0.245 e. The standard InChI is InChI=1S/C13H23N3O2/c1-14(2)7-5-8-15-10-12(17)16-9-4-3-6-11(16)13(15)18/h11H,3-10H2,1-2H3. The second-order valence-electron chi connectivity index (χ2n) is 5.52. The third kappa shape index (κ3) is 2.83. The van der Waals surface area contributed by atoms with Crippen LogP contribution in [0.2, 0.25) is 0 Å². The Morgan fingerprint density at radius 2 is 2.06 bits per heavy atom. The lowest BCUT2D eigenvalue weighted by Crippen LogP contribution is -2.61. The number of carbonyl (C=O) groups is 2. The average Bonchev–Trinajstić information content (AvgIpc) is 2.35. The van der Waals surface area contributed by atoms with Crippen LogP contribution < -0.4 is 0 Å². The molecule has 0 spiro atoms. The lowest BCUT2D eigenvalue weighted by molar-refractivity contribution is -0.157. The minimum absolute atomic E-state index is 0.129. The Labute approximate surface area is 109 Å². The lowest BCUT2D eigenvalue weighted by Gasteiger charge is -2.42. The van der Waals surface area contributed by atoms with Gasteiger partial charge in [-0.2, -0.15) is 0 Å². The average molecular weight is 253 g/mol. The zero-order valence-corrected chi connectivity index (χ0v) is 11.4. The Hall–Kier alpha value is -1.10. The molecule has 102 valence electrons. The number of piperazine rings is 1. The van der Waals surface area contributed by atoms with Gasteiger partial charge < -0.3 is 14.7 Å². The van der Waals surface area contributed by atoms with Crippen LogP contribution in [0, 0.1) is 0 Å². The van der Waals surface area contributed by atoms with Gasteiger partial charge in [-0.3, -0.25) is 9.59 Å². The second kappa shape index (κ2) is 5.69. The first-order chi connectivity index (χ1) is 8.59. The molecule has 2 aliphatic heterocycles. The van der Waals surface area contributed by atoms with E-state index in [2.05, 4.69) is 4.90 Å². The number of amides is 2. The third-order valence-corrected chi connectivity index (χ3v) is 3.78. The number of hydrogen-bond donors (Lipinski definition) is 0. The predicted molar refractivity (Wildman–Crippen MR) is 69.1 cm³/mol. The van der Waals surface area contributed by atoms with E-state index in [1.807, 2.05) is 14.1 Å². The highest BCUT2D eigenvalue weighted by atomic mass is 16.2. The Balaban J connectivity index is 1.92. The summed E-state index contributed by atoms with van der Waals surface area (Å²) in [5.41, 5.74) is 0. The summed E-state index contributed by atoms with van der Waals surface area (Å²) in [6.45, 7) is 2.70. The molecule has 0 saturated carbocycles. The second-order valence-corrected chi connectivity index (χ2v) is 5.52. The van der Waals surface area contributed by atoms with Crippen molar-refractivity contribution in [2.75, 3.05) is 40.3 Å². The van der Waals surface area contributed by atoms with Crippen LogP contribution in [0.4, 0.5) is 0 Å². The van der Waals surface area contributed by atoms with E-state index in [4.69, 9.17) is 0 Å². The van der Waals surface area contributed by atoms with Gasteiger partial charge in [0, 0.05) is 13.1 Å². The van der Waals surface area contributed by atoms with Gasteiger partial charge in [-0.05, 0) is 46.3 Å². The fraction of sp³-hybridized carbons (Fsp3) is 0.846. The van der Waals surface area contributed by atoms with Crippen molar-refractivity contribution in [2.45, 2.75) is 31.7 Å². The van der Waals surface area contributed by atoms with E-state index in [0.717, 1.165) is 38.8 Å². The monoisotopic (exact) mass is 253 g/mol. The first-order valence-corrected chi connectivity index (χ1v) is 6.82. The SMILES string of the molecule is CN(C)CCCN1CC(=O)N2CCCCC2C1=O. The molecule has 2 aliphatic rings. The molecule has 0 bridgehead atoms. The number of nitrogens with zero attached hydrogens (tertiary/aromatic N) is 3. The molecule has 2 saturated heterocycles. The van der Waals surface area contributed by atoms with Crippen molar-refractivity contribution in [1.29, 1.82) is 0 Å². The van der Waals surface area contributed by atoms with Crippen molar-refractivity contribution < 1.29 is 9.59 Å². The van der Waals surface area contributed by atoms with Crippen molar-refractivity contribution >= 4 is 11.8 Å². The fourth-order valence-electron chi connectivity index (χ4n) is 2.80. The van der Waals surface area contributed by atoms with Crippen LogP contribution in [0.15, 0.2) is 0 Å². The van der Waals surface area contributed by atoms with E-state index in [0.29, 0.717) is 6.54 Å². The van der Waals surface area contributed by atoms with Crippen LogP contribution in [0.1, 0.15) is 25.7 Å². The van der Waals surface area contributed by atoms with Gasteiger partial charge in [-0.1, -0.05) is 0 Å². The minimum Gasteiger partial charge on any atom is -0.332 e. The highest BCUT2D eigenvalue weighted by molar-refractivity contribution is 5.95. The molecule has 5 heteroatoms. The maximum atomic E-state index is 12.3. The normalized spacial score (nSPS) is 24.7. The van der Waals surface area contributed by atoms with Crippen LogP contribution >= 0.6 is 0 Å². The zero-order valence-electron chi connectivity index (χ0n) is 11.4. The molecule has 2 fully saturated rings. The van der Waals surface area contributed by atoms with Gasteiger partial charge in [0.05, 0.1) is 6.54 Å². The first-order valence-electron chi connectivity index (χ1n) is 6.82. The van der Waals surface area contributed by atoms with Crippen molar-refractivity contribution in [2.24, 2.45) is 0 Å². The van der Waals surface area contributed by atoms with Crippen LogP contribution in [0.5, 0.6) is 0 Å². The highest BCUT2D eigenvalue weighted by Gasteiger charge is 2.39. The Kier molecular flexibility index (Phi) is 4.22. The van der Waals surface area contributed by atoms with Crippen LogP contribution in [0.3, 0.4) is 0 Å². The molecule has 2 rings (SSSR count). The van der Waals surface area contributed by atoms with Gasteiger partial charge >= 0.3 is 0 Å². The summed E-state index contributed by atoms with van der Waals surface area (Å²) in [5.74, 6) is 0.289. The summed E-state index contributed by atoms with van der Waals surface area (Å²) in [4.78, 5) is 29.9. The van der Waals surface area contributed by atoms with Gasteiger partial charge in [-0.25, -0.2) is 0 Å². The van der Waals surface area contributed by atoms with Crippen LogP contribution in [0.25, 0.3) is 0 Å². The quantitative estimate of drug-likeness (QED) is 0.717. The summed E-state index contributed by atoms with van der Waals surface area (Å²) in [5, 5.41) is 0. The van der Waals surface area contributed by atoms with E-state index in [1.165, 1.54) is 0 Å². The predicted octanol–water partition coefficient (Wildman–Crippen LogP) is 0.161. The summed E-state index contributed by atoms with van der Waals surface area (Å²) < 4.78 is 0. The van der Waals surface area contributed by atoms with Gasteiger partial charge in [0.25, 0.3) is 0 Å². The van der Waals surface area contributed by atoms with E-state index in [1.54, 1.807) is 9.80 Å². The Morgan fingerprint density at radius 1 is 1.28 bits per heavy atom. The molecule has 5 nitrogen and oxygen atoms in total. The van der Waals surface area contributed by atoms with Gasteiger partial charge in [0.1, 0.15) is 6.04 Å². The van der Waals surface area contributed by atoms with Gasteiger partial charge in [0.15, 0.2) is 0 Å². The number of fused-ring (bicyclic) bond motifs is 1. The third-order valence-electron chi connectivity index (χ3n) is 3.78. The molecule has 2 heterocycles. The van der Waals surface area contributed by atoms with Crippen molar-refractivity contribution in [1.82, 2.24) is 14.7 Å². The maximum absolute atomic E-state index is 12.3. The molecule has 0 N–H and O–H groups in total. The van der Waals surface area contributed by atoms with Crippen molar-refractivity contribution in [3.05, 3.63) is 0 Å². The van der Waals surface area contributed by atoms with Crippen molar-refractivity contribution in [3.63, 3.8) is 0 Å². The van der Waals surface area contributed by atoms with Crippen molar-refractivity contribution in [3.8, 4) is 0 Å². The van der Waals surface area contributed by atoms with Gasteiger partial charge in [-0.15, -0.1) is 0 Å². The van der Waals surface area contributed by atoms with Crippen LogP contribution in [-0.4, -0.2) is 72.8 Å². The summed E-state index contributed by atoms with van der Waals surface area (Å²) in [6.07, 6.45) is 3.87. The largest absolute Gasteiger partial charge is 0.332 e. The smallest absolute Gasteiger partial charge is 0.245 e. The topological polar surface area (TPSA) is 43.9 Å². The van der Waals surface area contributed by atoms with E-state index in [9.17, 15) is 9.59 Å². The summed E-state index contributed by atoms with van der Waals surface area (Å²) in [7, 11) is 4.04. The van der Waals surface area contributed by atoms with Gasteiger partial charge in [0.2, 0.25) is 11.8 Å². The fourth-order valence-corrected chi connectivity index (χ4v) is 2.80. The first kappa shape index (κ1) is 13.3. The number of rotatable bonds is 4. The Bertz CT molecular complexity index is 330. The Morgan fingerprint density at radius 3 is 2.78 bits per heavy atom. The lowest BCUT2D eigenvalue weighted by atomic mass is 9.98. The zero-order chi connectivity index (χ0) is 13.1. The summed E-state index contributed by atoms with van der Waals surface area (Å²) in [6, 6.07) is -0.167. The molecule has 0 aromatic rings. The van der Waals surface area contributed by atoms with E-state index < -0.39 is 0 Å². The molecular formula is C13H23N3O2.